The van der Waals surface area contributed by atoms with Gasteiger partial charge in [0.25, 0.3) is 0 Å². The number of fused-ring (bicyclic) bond motifs is 6. The minimum absolute atomic E-state index is 0.118. The van der Waals surface area contributed by atoms with Crippen LogP contribution in [0.4, 0.5) is 11.4 Å². The zero-order valence-electron chi connectivity index (χ0n) is 29.8. The van der Waals surface area contributed by atoms with E-state index >= 15 is 0 Å². The summed E-state index contributed by atoms with van der Waals surface area (Å²) in [6, 6.07) is 9.10. The summed E-state index contributed by atoms with van der Waals surface area (Å²) < 4.78 is 0. The van der Waals surface area contributed by atoms with Crippen molar-refractivity contribution in [2.75, 3.05) is 9.80 Å². The number of piperidine rings is 2. The molecule has 262 valence electrons. The molecule has 2 aromatic carbocycles. The molecule has 4 unspecified atom stereocenters. The maximum atomic E-state index is 14.1. The number of carbonyl (C=O) groups is 6. The molecule has 2 aliphatic carbocycles. The summed E-state index contributed by atoms with van der Waals surface area (Å²) in [5.74, 6) is -3.75. The lowest BCUT2D eigenvalue weighted by Crippen LogP contribution is -2.64. The first-order chi connectivity index (χ1) is 23.0. The Kier molecular flexibility index (Phi) is 6.75. The highest BCUT2D eigenvalue weighted by molar-refractivity contribution is 6.23. The number of nitrogens with zero attached hydrogens (tertiary/aromatic N) is 3. The maximum absolute atomic E-state index is 14.1. The van der Waals surface area contributed by atoms with Crippen molar-refractivity contribution in [1.82, 2.24) is 4.98 Å². The highest BCUT2D eigenvalue weighted by Crippen LogP contribution is 2.60. The number of amides is 4. The Bertz CT molecular complexity index is 1950. The monoisotopic (exact) mass is 681 g/mol. The minimum atomic E-state index is -1.21. The molecule has 0 radical (unpaired) electrons. The normalized spacial score (nSPS) is 35.6. The molecule has 4 amide bonds. The third kappa shape index (κ3) is 4.50. The predicted molar refractivity (Wildman–Crippen MR) is 185 cm³/mol. The van der Waals surface area contributed by atoms with E-state index in [-0.39, 0.29) is 38.5 Å². The van der Waals surface area contributed by atoms with Crippen molar-refractivity contribution in [2.24, 2.45) is 32.5 Å². The smallest absolute Gasteiger partial charge is 0.309 e. The molecule has 4 aliphatic rings. The van der Waals surface area contributed by atoms with Gasteiger partial charge in [-0.2, -0.15) is 0 Å². The molecule has 2 saturated carbocycles. The van der Waals surface area contributed by atoms with Gasteiger partial charge in [-0.05, 0) is 108 Å². The lowest BCUT2D eigenvalue weighted by atomic mass is 9.51. The lowest BCUT2D eigenvalue weighted by molar-refractivity contribution is -0.169. The number of benzene rings is 2. The number of hydrogen-bond acceptors (Lipinski definition) is 7. The Balaban J connectivity index is 1.32. The van der Waals surface area contributed by atoms with Crippen LogP contribution in [0, 0.1) is 46.3 Å². The summed E-state index contributed by atoms with van der Waals surface area (Å²) in [4.78, 5) is 88.5. The van der Waals surface area contributed by atoms with Gasteiger partial charge in [-0.1, -0.05) is 27.7 Å². The zero-order chi connectivity index (χ0) is 36.7. The Morgan fingerprint density at radius 3 is 1.12 bits per heavy atom. The SMILES string of the molecule is Cc1cc2cc3cc(C)c(N4C(=O)C5(C)CC(C)(C(=O)O)CC(C)(C5)C4=O)cc3nc2cc1N1C(=O)C2(C)CC(C)(C(=O)O)CC(C)(C2)C1=O. The van der Waals surface area contributed by atoms with Crippen LogP contribution in [-0.4, -0.2) is 50.8 Å². The van der Waals surface area contributed by atoms with E-state index in [0.717, 1.165) is 10.8 Å². The number of aromatic nitrogens is 1. The van der Waals surface area contributed by atoms with E-state index in [0.29, 0.717) is 33.5 Å². The number of aryl methyl sites for hydroxylation is 2. The molecule has 4 fully saturated rings. The molecule has 4 bridgehead atoms. The maximum Gasteiger partial charge on any atom is 0.309 e. The molecule has 3 aromatic rings. The number of carboxylic acid groups (broad SMARTS) is 2. The summed E-state index contributed by atoms with van der Waals surface area (Å²) in [7, 11) is 0. The molecule has 2 N–H and O–H groups in total. The molecular weight excluding hydrogens is 638 g/mol. The van der Waals surface area contributed by atoms with E-state index in [1.54, 1.807) is 53.7 Å². The molecule has 2 saturated heterocycles. The number of anilines is 2. The summed E-state index contributed by atoms with van der Waals surface area (Å²) in [6.45, 7) is 13.9. The molecule has 50 heavy (non-hydrogen) atoms. The Labute approximate surface area is 290 Å². The molecule has 3 heterocycles. The van der Waals surface area contributed by atoms with Crippen LogP contribution >= 0.6 is 0 Å². The van der Waals surface area contributed by atoms with Gasteiger partial charge in [0.15, 0.2) is 0 Å². The molecule has 2 aliphatic heterocycles. The molecular formula is C39H43N3O8. The number of carbonyl (C=O) groups excluding carboxylic acids is 4. The van der Waals surface area contributed by atoms with Crippen molar-refractivity contribution in [1.29, 1.82) is 0 Å². The van der Waals surface area contributed by atoms with Gasteiger partial charge in [0.1, 0.15) is 0 Å². The van der Waals surface area contributed by atoms with Crippen molar-refractivity contribution in [3.8, 4) is 0 Å². The lowest BCUT2D eigenvalue weighted by Gasteiger charge is -2.55. The van der Waals surface area contributed by atoms with Crippen molar-refractivity contribution in [3.63, 3.8) is 0 Å². The standard InChI is InChI=1S/C39H43N3O8/c1-20-9-22-11-23-10-21(2)27(42-30(45)36(5)15-37(6,31(42)46)19-39(8,18-36)33(49)50)13-25(23)40-24(22)12-26(20)41-28(43)34(3)14-35(4,29(41)44)17-38(7,16-34)32(47)48/h9-13H,14-19H2,1-8H3,(H,47,48)(H,49,50). The van der Waals surface area contributed by atoms with Gasteiger partial charge in [0, 0.05) is 32.4 Å². The third-order valence-corrected chi connectivity index (χ3v) is 12.3. The van der Waals surface area contributed by atoms with E-state index in [2.05, 4.69) is 0 Å². The van der Waals surface area contributed by atoms with Crippen LogP contribution in [0.25, 0.3) is 21.8 Å². The quantitative estimate of drug-likeness (QED) is 0.237. The number of rotatable bonds is 4. The molecule has 4 atom stereocenters. The Morgan fingerprint density at radius 2 is 0.840 bits per heavy atom. The topological polar surface area (TPSA) is 162 Å². The summed E-state index contributed by atoms with van der Waals surface area (Å²) in [5.41, 5.74) is -3.50. The summed E-state index contributed by atoms with van der Waals surface area (Å²) >= 11 is 0. The van der Waals surface area contributed by atoms with Crippen molar-refractivity contribution in [2.45, 2.75) is 93.9 Å². The van der Waals surface area contributed by atoms with Crippen LogP contribution < -0.4 is 9.80 Å². The summed E-state index contributed by atoms with van der Waals surface area (Å²) in [5, 5.41) is 21.6. The molecule has 11 heteroatoms. The third-order valence-electron chi connectivity index (χ3n) is 12.3. The van der Waals surface area contributed by atoms with Gasteiger partial charge in [-0.3, -0.25) is 28.8 Å². The molecule has 0 spiro atoms. The highest BCUT2D eigenvalue weighted by atomic mass is 16.4. The average Bonchev–Trinajstić information content (AvgIpc) is 2.98. The number of aliphatic carboxylic acids is 2. The van der Waals surface area contributed by atoms with Crippen LogP contribution in [0.3, 0.4) is 0 Å². The largest absolute Gasteiger partial charge is 0.481 e. The van der Waals surface area contributed by atoms with Crippen LogP contribution in [0.5, 0.6) is 0 Å². The van der Waals surface area contributed by atoms with Crippen LogP contribution in [0.1, 0.15) is 91.2 Å². The molecule has 1 aromatic heterocycles. The first-order valence-electron chi connectivity index (χ1n) is 17.1. The van der Waals surface area contributed by atoms with E-state index in [1.807, 2.05) is 32.0 Å². The van der Waals surface area contributed by atoms with E-state index in [1.165, 1.54) is 9.80 Å². The van der Waals surface area contributed by atoms with Crippen molar-refractivity contribution >= 4 is 68.7 Å². The molecule has 11 nitrogen and oxygen atoms in total. The second-order valence-corrected chi connectivity index (χ2v) is 17.6. The number of carboxylic acids is 2. The van der Waals surface area contributed by atoms with Crippen LogP contribution in [0.2, 0.25) is 0 Å². The zero-order valence-corrected chi connectivity index (χ0v) is 29.8. The van der Waals surface area contributed by atoms with Gasteiger partial charge in [0.2, 0.25) is 23.6 Å². The van der Waals surface area contributed by atoms with Gasteiger partial charge in [-0.15, -0.1) is 0 Å². The second-order valence-electron chi connectivity index (χ2n) is 17.6. The first-order valence-corrected chi connectivity index (χ1v) is 17.1. The number of hydrogen-bond donors (Lipinski definition) is 2. The minimum Gasteiger partial charge on any atom is -0.481 e. The van der Waals surface area contributed by atoms with Crippen LogP contribution in [-0.2, 0) is 28.8 Å². The predicted octanol–water partition coefficient (Wildman–Crippen LogP) is 6.33. The molecule has 7 rings (SSSR count). The Hall–Kier alpha value is -4.67. The number of imide groups is 2. The van der Waals surface area contributed by atoms with Gasteiger partial charge < -0.3 is 10.2 Å². The van der Waals surface area contributed by atoms with Gasteiger partial charge in [0.05, 0.1) is 33.2 Å². The Morgan fingerprint density at radius 1 is 0.540 bits per heavy atom. The first kappa shape index (κ1) is 33.8. The fraction of sp³-hybridized carbons (Fsp3) is 0.513. The summed E-state index contributed by atoms with van der Waals surface area (Å²) in [6.07, 6.45) is 1.02. The second kappa shape index (κ2) is 9.98. The van der Waals surface area contributed by atoms with Gasteiger partial charge in [-0.25, -0.2) is 14.8 Å². The van der Waals surface area contributed by atoms with Crippen molar-refractivity contribution in [3.05, 3.63) is 41.5 Å². The highest BCUT2D eigenvalue weighted by Gasteiger charge is 2.65. The fourth-order valence-electron chi connectivity index (χ4n) is 10.8. The average molecular weight is 682 g/mol. The van der Waals surface area contributed by atoms with Gasteiger partial charge >= 0.3 is 11.9 Å². The van der Waals surface area contributed by atoms with E-state index in [9.17, 15) is 39.0 Å². The number of pyridine rings is 1. The fourth-order valence-corrected chi connectivity index (χ4v) is 10.8. The van der Waals surface area contributed by atoms with Crippen molar-refractivity contribution < 1.29 is 39.0 Å². The van der Waals surface area contributed by atoms with Crippen LogP contribution in [0.15, 0.2) is 30.3 Å². The van der Waals surface area contributed by atoms with E-state index in [4.69, 9.17) is 4.98 Å². The van der Waals surface area contributed by atoms with E-state index < -0.39 is 68.1 Å².